The molecule has 0 aliphatic carbocycles. The van der Waals surface area contributed by atoms with Gasteiger partial charge in [-0.2, -0.15) is 0 Å². The molecule has 1 aromatic heterocycles. The Labute approximate surface area is 142 Å². The van der Waals surface area contributed by atoms with Gasteiger partial charge in [-0.1, -0.05) is 11.3 Å². The lowest BCUT2D eigenvalue weighted by Gasteiger charge is -2.03. The molecule has 0 aliphatic rings. The molecule has 1 N–H and O–H groups in total. The van der Waals surface area contributed by atoms with Crippen LogP contribution in [0.3, 0.4) is 0 Å². The SMILES string of the molecule is CCOC(=O)c1sc(NC(=O)c2ccc(C(=O)OC)cc2)nc1C. The number of methoxy groups -OCH3 is 1. The van der Waals surface area contributed by atoms with Gasteiger partial charge in [0.25, 0.3) is 5.91 Å². The summed E-state index contributed by atoms with van der Waals surface area (Å²) in [6.45, 7) is 3.66. The number of rotatable bonds is 5. The van der Waals surface area contributed by atoms with E-state index in [9.17, 15) is 14.4 Å². The number of thiazole rings is 1. The Balaban J connectivity index is 2.11. The van der Waals surface area contributed by atoms with Crippen LogP contribution in [0.2, 0.25) is 0 Å². The van der Waals surface area contributed by atoms with Gasteiger partial charge in [-0.15, -0.1) is 0 Å². The van der Waals surface area contributed by atoms with Crippen molar-refractivity contribution in [2.24, 2.45) is 0 Å². The molecular formula is C16H16N2O5S. The van der Waals surface area contributed by atoms with Crippen molar-refractivity contribution in [3.8, 4) is 0 Å². The number of benzene rings is 1. The molecule has 1 aromatic carbocycles. The highest BCUT2D eigenvalue weighted by molar-refractivity contribution is 7.17. The summed E-state index contributed by atoms with van der Waals surface area (Å²) in [4.78, 5) is 39.8. The molecule has 126 valence electrons. The van der Waals surface area contributed by atoms with Crippen LogP contribution < -0.4 is 5.32 Å². The smallest absolute Gasteiger partial charge is 0.350 e. The van der Waals surface area contributed by atoms with Crippen LogP contribution in [-0.2, 0) is 9.47 Å². The van der Waals surface area contributed by atoms with Crippen LogP contribution >= 0.6 is 11.3 Å². The summed E-state index contributed by atoms with van der Waals surface area (Å²) in [6.07, 6.45) is 0. The number of carbonyl (C=O) groups is 3. The molecule has 0 saturated heterocycles. The molecule has 0 unspecified atom stereocenters. The summed E-state index contributed by atoms with van der Waals surface area (Å²) in [6, 6.07) is 6.01. The highest BCUT2D eigenvalue weighted by atomic mass is 32.1. The highest BCUT2D eigenvalue weighted by Gasteiger charge is 2.18. The minimum atomic E-state index is -0.475. The molecule has 7 nitrogen and oxygen atoms in total. The third-order valence-corrected chi connectivity index (χ3v) is 4.10. The van der Waals surface area contributed by atoms with Crippen LogP contribution in [-0.4, -0.2) is 36.5 Å². The Morgan fingerprint density at radius 3 is 2.33 bits per heavy atom. The maximum atomic E-state index is 12.2. The molecule has 0 bridgehead atoms. The first kappa shape index (κ1) is 17.6. The first-order valence-electron chi connectivity index (χ1n) is 7.10. The van der Waals surface area contributed by atoms with Crippen molar-refractivity contribution in [3.05, 3.63) is 46.0 Å². The number of ether oxygens (including phenoxy) is 2. The number of aromatic nitrogens is 1. The largest absolute Gasteiger partial charge is 0.465 e. The zero-order chi connectivity index (χ0) is 17.7. The average molecular weight is 348 g/mol. The van der Waals surface area contributed by atoms with Crippen molar-refractivity contribution < 1.29 is 23.9 Å². The van der Waals surface area contributed by atoms with Gasteiger partial charge in [0.05, 0.1) is 25.0 Å². The van der Waals surface area contributed by atoms with E-state index in [0.717, 1.165) is 11.3 Å². The number of nitrogens with one attached hydrogen (secondary N) is 1. The summed E-state index contributed by atoms with van der Waals surface area (Å²) in [5, 5.41) is 2.93. The van der Waals surface area contributed by atoms with Crippen LogP contribution in [0.25, 0.3) is 0 Å². The molecule has 0 radical (unpaired) electrons. The monoisotopic (exact) mass is 348 g/mol. The lowest BCUT2D eigenvalue weighted by atomic mass is 10.1. The summed E-state index contributed by atoms with van der Waals surface area (Å²) in [5.74, 6) is -1.33. The van der Waals surface area contributed by atoms with E-state index in [4.69, 9.17) is 4.74 Å². The molecule has 8 heteroatoms. The predicted octanol–water partition coefficient (Wildman–Crippen LogP) is 2.67. The van der Waals surface area contributed by atoms with Gasteiger partial charge in [-0.05, 0) is 38.1 Å². The number of nitrogens with zero attached hydrogens (tertiary/aromatic N) is 1. The fourth-order valence-corrected chi connectivity index (χ4v) is 2.74. The van der Waals surface area contributed by atoms with Gasteiger partial charge in [-0.25, -0.2) is 14.6 Å². The van der Waals surface area contributed by atoms with E-state index in [-0.39, 0.29) is 6.61 Å². The summed E-state index contributed by atoms with van der Waals surface area (Å²) < 4.78 is 9.53. The maximum Gasteiger partial charge on any atom is 0.350 e. The Morgan fingerprint density at radius 1 is 1.12 bits per heavy atom. The maximum absolute atomic E-state index is 12.2. The number of hydrogen-bond donors (Lipinski definition) is 1. The van der Waals surface area contributed by atoms with Crippen molar-refractivity contribution in [1.82, 2.24) is 4.98 Å². The number of carbonyl (C=O) groups excluding carboxylic acids is 3. The van der Waals surface area contributed by atoms with Crippen molar-refractivity contribution in [3.63, 3.8) is 0 Å². The van der Waals surface area contributed by atoms with Gasteiger partial charge >= 0.3 is 11.9 Å². The van der Waals surface area contributed by atoms with Crippen LogP contribution in [0.4, 0.5) is 5.13 Å². The highest BCUT2D eigenvalue weighted by Crippen LogP contribution is 2.24. The Kier molecular flexibility index (Phi) is 5.64. The standard InChI is InChI=1S/C16H16N2O5S/c1-4-23-15(21)12-9(2)17-16(24-12)18-13(19)10-5-7-11(8-6-10)14(20)22-3/h5-8H,4H2,1-3H3,(H,17,18,19). The summed E-state index contributed by atoms with van der Waals surface area (Å²) in [7, 11) is 1.29. The van der Waals surface area contributed by atoms with Crippen LogP contribution in [0, 0.1) is 6.92 Å². The van der Waals surface area contributed by atoms with Gasteiger partial charge in [0, 0.05) is 5.56 Å². The zero-order valence-corrected chi connectivity index (χ0v) is 14.2. The quantitative estimate of drug-likeness (QED) is 0.835. The van der Waals surface area contributed by atoms with Crippen LogP contribution in [0.1, 0.15) is 43.0 Å². The number of anilines is 1. The zero-order valence-electron chi connectivity index (χ0n) is 13.4. The van der Waals surface area contributed by atoms with Crippen LogP contribution in [0.15, 0.2) is 24.3 Å². The summed E-state index contributed by atoms with van der Waals surface area (Å²) in [5.41, 5.74) is 1.20. The lowest BCUT2D eigenvalue weighted by Crippen LogP contribution is -2.12. The fourth-order valence-electron chi connectivity index (χ4n) is 1.88. The molecule has 0 fully saturated rings. The van der Waals surface area contributed by atoms with E-state index in [2.05, 4.69) is 15.0 Å². The molecule has 0 spiro atoms. The van der Waals surface area contributed by atoms with E-state index in [0.29, 0.717) is 26.8 Å². The Bertz CT molecular complexity index is 767. The van der Waals surface area contributed by atoms with Gasteiger partial charge in [0.1, 0.15) is 4.88 Å². The Hall–Kier alpha value is -2.74. The van der Waals surface area contributed by atoms with Crippen molar-refractivity contribution in [2.75, 3.05) is 19.0 Å². The molecule has 1 heterocycles. The topological polar surface area (TPSA) is 94.6 Å². The summed E-state index contributed by atoms with van der Waals surface area (Å²) >= 11 is 1.05. The van der Waals surface area contributed by atoms with Crippen LogP contribution in [0.5, 0.6) is 0 Å². The van der Waals surface area contributed by atoms with E-state index in [1.54, 1.807) is 13.8 Å². The second-order valence-electron chi connectivity index (χ2n) is 4.68. The molecule has 0 saturated carbocycles. The van der Waals surface area contributed by atoms with Gasteiger partial charge in [0.15, 0.2) is 5.13 Å². The van der Waals surface area contributed by atoms with Crippen molar-refractivity contribution >= 4 is 34.3 Å². The lowest BCUT2D eigenvalue weighted by molar-refractivity contribution is 0.0529. The number of amides is 1. The van der Waals surface area contributed by atoms with E-state index in [1.807, 2.05) is 0 Å². The number of esters is 2. The Morgan fingerprint density at radius 2 is 1.75 bits per heavy atom. The minimum Gasteiger partial charge on any atom is -0.465 e. The van der Waals surface area contributed by atoms with E-state index < -0.39 is 17.8 Å². The number of aryl methyl sites for hydroxylation is 1. The molecule has 24 heavy (non-hydrogen) atoms. The third kappa shape index (κ3) is 3.96. The molecule has 1 amide bonds. The van der Waals surface area contributed by atoms with Crippen molar-refractivity contribution in [1.29, 1.82) is 0 Å². The first-order chi connectivity index (χ1) is 11.5. The van der Waals surface area contributed by atoms with E-state index >= 15 is 0 Å². The van der Waals surface area contributed by atoms with Gasteiger partial charge < -0.3 is 9.47 Å². The van der Waals surface area contributed by atoms with Gasteiger partial charge in [-0.3, -0.25) is 10.1 Å². The normalized spacial score (nSPS) is 10.1. The average Bonchev–Trinajstić information content (AvgIpc) is 2.94. The van der Waals surface area contributed by atoms with E-state index in [1.165, 1.54) is 31.4 Å². The molecule has 2 aromatic rings. The molecule has 2 rings (SSSR count). The predicted molar refractivity (Wildman–Crippen MR) is 88.5 cm³/mol. The molecule has 0 aliphatic heterocycles. The second kappa shape index (κ2) is 7.69. The molecular weight excluding hydrogens is 332 g/mol. The fraction of sp³-hybridized carbons (Fsp3) is 0.250. The number of hydrogen-bond acceptors (Lipinski definition) is 7. The first-order valence-corrected chi connectivity index (χ1v) is 7.92. The second-order valence-corrected chi connectivity index (χ2v) is 5.68. The van der Waals surface area contributed by atoms with Crippen molar-refractivity contribution in [2.45, 2.75) is 13.8 Å². The van der Waals surface area contributed by atoms with Gasteiger partial charge in [0.2, 0.25) is 0 Å². The minimum absolute atomic E-state index is 0.268. The third-order valence-electron chi connectivity index (χ3n) is 3.05. The molecule has 0 atom stereocenters.